The van der Waals surface area contributed by atoms with Gasteiger partial charge in [0.2, 0.25) is 0 Å². The van der Waals surface area contributed by atoms with Crippen molar-refractivity contribution in [3.63, 3.8) is 0 Å². The van der Waals surface area contributed by atoms with Crippen LogP contribution in [0.1, 0.15) is 37.2 Å². The molecule has 1 aliphatic heterocycles. The minimum atomic E-state index is -0.142. The van der Waals surface area contributed by atoms with Crippen LogP contribution in [0.3, 0.4) is 0 Å². The van der Waals surface area contributed by atoms with Crippen LogP contribution in [0.25, 0.3) is 10.8 Å². The van der Waals surface area contributed by atoms with Crippen LogP contribution in [0.15, 0.2) is 29.1 Å². The van der Waals surface area contributed by atoms with Crippen LogP contribution in [0.5, 0.6) is 0 Å². The molecule has 6 nitrogen and oxygen atoms in total. The summed E-state index contributed by atoms with van der Waals surface area (Å²) in [6.07, 6.45) is 1.60. The average molecular weight is 328 g/mol. The van der Waals surface area contributed by atoms with E-state index in [1.807, 2.05) is 26.0 Å². The molecular formula is C18H24N4O2. The third-order valence-corrected chi connectivity index (χ3v) is 4.44. The van der Waals surface area contributed by atoms with Gasteiger partial charge in [0.25, 0.3) is 11.5 Å². The molecule has 0 saturated carbocycles. The second-order valence-corrected chi connectivity index (χ2v) is 6.90. The van der Waals surface area contributed by atoms with Crippen LogP contribution < -0.4 is 11.3 Å². The summed E-state index contributed by atoms with van der Waals surface area (Å²) in [6, 6.07) is 7.37. The minimum absolute atomic E-state index is 0.115. The van der Waals surface area contributed by atoms with E-state index in [1.165, 1.54) is 4.68 Å². The predicted octanol–water partition coefficient (Wildman–Crippen LogP) is 1.62. The Morgan fingerprint density at radius 1 is 1.25 bits per heavy atom. The van der Waals surface area contributed by atoms with E-state index in [0.717, 1.165) is 12.8 Å². The van der Waals surface area contributed by atoms with Crippen molar-refractivity contribution in [1.29, 1.82) is 0 Å². The summed E-state index contributed by atoms with van der Waals surface area (Å²) in [5.41, 5.74) is 6.15. The highest BCUT2D eigenvalue weighted by Gasteiger charge is 2.25. The van der Waals surface area contributed by atoms with E-state index in [1.54, 1.807) is 17.0 Å². The molecule has 128 valence electrons. The summed E-state index contributed by atoms with van der Waals surface area (Å²) >= 11 is 0. The van der Waals surface area contributed by atoms with Gasteiger partial charge in [0.1, 0.15) is 0 Å². The van der Waals surface area contributed by atoms with E-state index in [2.05, 4.69) is 5.10 Å². The standard InChI is InChI=1S/C18H24N4O2/c1-12(2)11-22-17(23)15-6-4-3-5-14(15)16(20-22)18(24)21-9-7-13(19)8-10-21/h3-6,12-13H,7-11,19H2,1-2H3. The summed E-state index contributed by atoms with van der Waals surface area (Å²) in [5.74, 6) is 0.155. The van der Waals surface area contributed by atoms with Crippen molar-refractivity contribution < 1.29 is 4.79 Å². The first-order chi connectivity index (χ1) is 11.5. The first-order valence-electron chi connectivity index (χ1n) is 8.52. The van der Waals surface area contributed by atoms with Gasteiger partial charge in [0, 0.05) is 31.1 Å². The molecule has 1 aromatic heterocycles. The number of amides is 1. The molecule has 0 aliphatic carbocycles. The van der Waals surface area contributed by atoms with Crippen LogP contribution in [-0.4, -0.2) is 39.7 Å². The highest BCUT2D eigenvalue weighted by molar-refractivity contribution is 6.04. The summed E-state index contributed by atoms with van der Waals surface area (Å²) in [4.78, 5) is 27.4. The lowest BCUT2D eigenvalue weighted by Crippen LogP contribution is -2.43. The van der Waals surface area contributed by atoms with Crippen LogP contribution in [0, 0.1) is 5.92 Å². The fourth-order valence-corrected chi connectivity index (χ4v) is 3.12. The van der Waals surface area contributed by atoms with Crippen LogP contribution >= 0.6 is 0 Å². The normalized spacial score (nSPS) is 16.1. The van der Waals surface area contributed by atoms with Gasteiger partial charge in [-0.3, -0.25) is 9.59 Å². The molecule has 1 aromatic carbocycles. The number of nitrogens with two attached hydrogens (primary N) is 1. The summed E-state index contributed by atoms with van der Waals surface area (Å²) < 4.78 is 1.43. The van der Waals surface area contributed by atoms with Gasteiger partial charge < -0.3 is 10.6 Å². The number of benzene rings is 1. The number of carbonyl (C=O) groups excluding carboxylic acids is 1. The number of carbonyl (C=O) groups is 1. The maximum atomic E-state index is 13.0. The highest BCUT2D eigenvalue weighted by Crippen LogP contribution is 2.18. The molecule has 6 heteroatoms. The zero-order chi connectivity index (χ0) is 17.3. The molecule has 0 radical (unpaired) electrons. The molecule has 1 aliphatic rings. The molecule has 0 atom stereocenters. The Morgan fingerprint density at radius 2 is 1.88 bits per heavy atom. The molecule has 1 fully saturated rings. The molecule has 3 rings (SSSR count). The second-order valence-electron chi connectivity index (χ2n) is 6.90. The number of hydrogen-bond acceptors (Lipinski definition) is 4. The Balaban J connectivity index is 2.07. The second kappa shape index (κ2) is 6.73. The number of aromatic nitrogens is 2. The molecule has 0 bridgehead atoms. The third-order valence-electron chi connectivity index (χ3n) is 4.44. The molecule has 0 unspecified atom stereocenters. The topological polar surface area (TPSA) is 81.2 Å². The zero-order valence-electron chi connectivity index (χ0n) is 14.2. The Hall–Kier alpha value is -2.21. The van der Waals surface area contributed by atoms with Crippen molar-refractivity contribution in [2.75, 3.05) is 13.1 Å². The first kappa shape index (κ1) is 16.6. The quantitative estimate of drug-likeness (QED) is 0.928. The zero-order valence-corrected chi connectivity index (χ0v) is 14.2. The van der Waals surface area contributed by atoms with Gasteiger partial charge in [-0.05, 0) is 24.8 Å². The Bertz CT molecular complexity index is 804. The molecular weight excluding hydrogens is 304 g/mol. The number of hydrogen-bond donors (Lipinski definition) is 1. The van der Waals surface area contributed by atoms with Crippen molar-refractivity contribution in [3.05, 3.63) is 40.3 Å². The molecule has 0 spiro atoms. The van der Waals surface area contributed by atoms with Crippen LogP contribution in [0.2, 0.25) is 0 Å². The SMILES string of the molecule is CC(C)Cn1nc(C(=O)N2CCC(N)CC2)c2ccccc2c1=O. The lowest BCUT2D eigenvalue weighted by Gasteiger charge is -2.30. The van der Waals surface area contributed by atoms with Crippen molar-refractivity contribution >= 4 is 16.7 Å². The van der Waals surface area contributed by atoms with Crippen molar-refractivity contribution in [3.8, 4) is 0 Å². The lowest BCUT2D eigenvalue weighted by atomic mass is 10.0. The number of piperidine rings is 1. The fraction of sp³-hybridized carbons (Fsp3) is 0.500. The van der Waals surface area contributed by atoms with E-state index in [9.17, 15) is 9.59 Å². The van der Waals surface area contributed by atoms with Gasteiger partial charge in [-0.1, -0.05) is 32.0 Å². The average Bonchev–Trinajstić information content (AvgIpc) is 2.57. The largest absolute Gasteiger partial charge is 0.337 e. The van der Waals surface area contributed by atoms with E-state index < -0.39 is 0 Å². The van der Waals surface area contributed by atoms with E-state index >= 15 is 0 Å². The van der Waals surface area contributed by atoms with Gasteiger partial charge in [0.05, 0.1) is 5.39 Å². The number of nitrogens with zero attached hydrogens (tertiary/aromatic N) is 3. The number of rotatable bonds is 3. The van der Waals surface area contributed by atoms with Crippen molar-refractivity contribution in [2.45, 2.75) is 39.3 Å². The minimum Gasteiger partial charge on any atom is -0.337 e. The first-order valence-corrected chi connectivity index (χ1v) is 8.52. The van der Waals surface area contributed by atoms with Gasteiger partial charge >= 0.3 is 0 Å². The summed E-state index contributed by atoms with van der Waals surface area (Å²) in [5, 5.41) is 5.59. The van der Waals surface area contributed by atoms with Gasteiger partial charge in [-0.25, -0.2) is 4.68 Å². The van der Waals surface area contributed by atoms with E-state index in [4.69, 9.17) is 5.73 Å². The van der Waals surface area contributed by atoms with Gasteiger partial charge in [0.15, 0.2) is 5.69 Å². The molecule has 24 heavy (non-hydrogen) atoms. The maximum Gasteiger partial charge on any atom is 0.274 e. The molecule has 1 saturated heterocycles. The Morgan fingerprint density at radius 3 is 2.50 bits per heavy atom. The fourth-order valence-electron chi connectivity index (χ4n) is 3.12. The smallest absolute Gasteiger partial charge is 0.274 e. The monoisotopic (exact) mass is 328 g/mol. The van der Waals surface area contributed by atoms with Crippen LogP contribution in [-0.2, 0) is 6.54 Å². The summed E-state index contributed by atoms with van der Waals surface area (Å²) in [7, 11) is 0. The Kier molecular flexibility index (Phi) is 4.66. The van der Waals surface area contributed by atoms with Crippen LogP contribution in [0.4, 0.5) is 0 Å². The summed E-state index contributed by atoms with van der Waals surface area (Å²) in [6.45, 7) is 5.82. The van der Waals surface area contributed by atoms with E-state index in [-0.39, 0.29) is 23.4 Å². The molecule has 2 aromatic rings. The number of likely N-dealkylation sites (tertiary alicyclic amines) is 1. The van der Waals surface area contributed by atoms with Gasteiger partial charge in [-0.15, -0.1) is 0 Å². The van der Waals surface area contributed by atoms with Crippen molar-refractivity contribution in [2.24, 2.45) is 11.7 Å². The lowest BCUT2D eigenvalue weighted by molar-refractivity contribution is 0.0708. The molecule has 2 N–H and O–H groups in total. The molecule has 1 amide bonds. The Labute approximate surface area is 141 Å². The molecule has 2 heterocycles. The maximum absolute atomic E-state index is 13.0. The van der Waals surface area contributed by atoms with Crippen molar-refractivity contribution in [1.82, 2.24) is 14.7 Å². The predicted molar refractivity (Wildman–Crippen MR) is 94.0 cm³/mol. The van der Waals surface area contributed by atoms with Gasteiger partial charge in [-0.2, -0.15) is 5.10 Å². The van der Waals surface area contributed by atoms with E-state index in [0.29, 0.717) is 36.1 Å². The number of fused-ring (bicyclic) bond motifs is 1. The third kappa shape index (κ3) is 3.19. The highest BCUT2D eigenvalue weighted by atomic mass is 16.2.